The number of hydrogen-bond donors (Lipinski definition) is 2. The summed E-state index contributed by atoms with van der Waals surface area (Å²) in [5, 5.41) is 5.74. The molecule has 0 radical (unpaired) electrons. The van der Waals surface area contributed by atoms with E-state index in [0.29, 0.717) is 48.1 Å². The van der Waals surface area contributed by atoms with Crippen LogP contribution in [0, 0.1) is 0 Å². The summed E-state index contributed by atoms with van der Waals surface area (Å²) in [4.78, 5) is 25.5. The van der Waals surface area contributed by atoms with Gasteiger partial charge in [-0.1, -0.05) is 19.1 Å². The van der Waals surface area contributed by atoms with Gasteiger partial charge in [-0.05, 0) is 56.5 Å². The maximum atomic E-state index is 12.9. The van der Waals surface area contributed by atoms with Crippen molar-refractivity contribution in [3.05, 3.63) is 53.6 Å². The maximum Gasteiger partial charge on any atom is 0.255 e. The summed E-state index contributed by atoms with van der Waals surface area (Å²) < 4.78 is 16.9. The molecule has 1 fully saturated rings. The van der Waals surface area contributed by atoms with Crippen LogP contribution in [0.3, 0.4) is 0 Å². The van der Waals surface area contributed by atoms with E-state index in [0.717, 1.165) is 25.9 Å². The number of ether oxygens (including phenoxy) is 3. The lowest BCUT2D eigenvalue weighted by Crippen LogP contribution is -2.32. The first-order valence-electron chi connectivity index (χ1n) is 10.8. The molecule has 1 heterocycles. The molecule has 7 heteroatoms. The largest absolute Gasteiger partial charge is 0.490 e. The normalized spacial score (nSPS) is 15.4. The second-order valence-corrected chi connectivity index (χ2v) is 7.29. The number of carbonyl (C=O) groups is 2. The number of anilines is 1. The first-order valence-corrected chi connectivity index (χ1v) is 10.8. The van der Waals surface area contributed by atoms with E-state index in [2.05, 4.69) is 10.6 Å². The number of para-hydroxylation sites is 1. The molecule has 2 aromatic carbocycles. The van der Waals surface area contributed by atoms with Gasteiger partial charge in [0.15, 0.2) is 11.5 Å². The van der Waals surface area contributed by atoms with Gasteiger partial charge in [0.05, 0.1) is 30.6 Å². The van der Waals surface area contributed by atoms with Gasteiger partial charge in [-0.15, -0.1) is 0 Å². The molecule has 0 aromatic heterocycles. The van der Waals surface area contributed by atoms with Gasteiger partial charge in [-0.25, -0.2) is 0 Å². The molecule has 2 aromatic rings. The minimum atomic E-state index is -0.331. The molecule has 1 unspecified atom stereocenters. The Morgan fingerprint density at radius 1 is 1.06 bits per heavy atom. The van der Waals surface area contributed by atoms with Gasteiger partial charge in [0, 0.05) is 18.7 Å². The smallest absolute Gasteiger partial charge is 0.255 e. The second kappa shape index (κ2) is 11.4. The third-order valence-corrected chi connectivity index (χ3v) is 4.90. The predicted octanol–water partition coefficient (Wildman–Crippen LogP) is 4.04. The van der Waals surface area contributed by atoms with Crippen LogP contribution in [-0.2, 0) is 4.74 Å². The maximum absolute atomic E-state index is 12.9. The highest BCUT2D eigenvalue weighted by molar-refractivity contribution is 6.09. The SMILES string of the molecule is CCCOc1ccc(C(=O)Nc2ccccc2C(=O)NCC2CCCO2)cc1OCC. The van der Waals surface area contributed by atoms with Crippen molar-refractivity contribution in [1.82, 2.24) is 5.32 Å². The van der Waals surface area contributed by atoms with Crippen LogP contribution in [-0.4, -0.2) is 44.3 Å². The Morgan fingerprint density at radius 3 is 2.65 bits per heavy atom. The Balaban J connectivity index is 1.71. The van der Waals surface area contributed by atoms with Crippen LogP contribution in [0.4, 0.5) is 5.69 Å². The van der Waals surface area contributed by atoms with Crippen molar-refractivity contribution >= 4 is 17.5 Å². The van der Waals surface area contributed by atoms with Crippen molar-refractivity contribution in [2.75, 3.05) is 31.7 Å². The van der Waals surface area contributed by atoms with Crippen molar-refractivity contribution in [3.8, 4) is 11.5 Å². The van der Waals surface area contributed by atoms with Gasteiger partial charge in [0.25, 0.3) is 11.8 Å². The van der Waals surface area contributed by atoms with Crippen LogP contribution in [0.25, 0.3) is 0 Å². The lowest BCUT2D eigenvalue weighted by molar-refractivity contribution is 0.0858. The molecule has 0 aliphatic carbocycles. The molecule has 1 aliphatic rings. The Bertz CT molecular complexity index is 893. The average molecular weight is 427 g/mol. The third kappa shape index (κ3) is 6.21. The van der Waals surface area contributed by atoms with Gasteiger partial charge in [-0.2, -0.15) is 0 Å². The standard InChI is InChI=1S/C24H30N2O5/c1-3-13-31-21-12-11-17(15-22(21)29-4-2)23(27)26-20-10-6-5-9-19(20)24(28)25-16-18-8-7-14-30-18/h5-6,9-12,15,18H,3-4,7-8,13-14,16H2,1-2H3,(H,25,28)(H,26,27). The van der Waals surface area contributed by atoms with E-state index >= 15 is 0 Å². The van der Waals surface area contributed by atoms with E-state index in [9.17, 15) is 9.59 Å². The summed E-state index contributed by atoms with van der Waals surface area (Å²) in [6.45, 7) is 6.12. The van der Waals surface area contributed by atoms with Gasteiger partial charge in [0.1, 0.15) is 0 Å². The molecule has 1 atom stereocenters. The Kier molecular flexibility index (Phi) is 8.29. The molecule has 2 amide bonds. The molecular weight excluding hydrogens is 396 g/mol. The minimum Gasteiger partial charge on any atom is -0.490 e. The summed E-state index contributed by atoms with van der Waals surface area (Å²) in [6.07, 6.45) is 2.88. The first-order chi connectivity index (χ1) is 15.1. The molecule has 0 bridgehead atoms. The topological polar surface area (TPSA) is 85.9 Å². The first kappa shape index (κ1) is 22.6. The van der Waals surface area contributed by atoms with Crippen molar-refractivity contribution in [2.45, 2.75) is 39.2 Å². The Morgan fingerprint density at radius 2 is 1.90 bits per heavy atom. The average Bonchev–Trinajstić information content (AvgIpc) is 3.31. The van der Waals surface area contributed by atoms with Crippen molar-refractivity contribution < 1.29 is 23.8 Å². The molecule has 2 N–H and O–H groups in total. The molecule has 0 spiro atoms. The van der Waals surface area contributed by atoms with Crippen LogP contribution in [0.15, 0.2) is 42.5 Å². The molecule has 1 aliphatic heterocycles. The Hall–Kier alpha value is -3.06. The number of nitrogens with one attached hydrogen (secondary N) is 2. The summed E-state index contributed by atoms with van der Waals surface area (Å²) in [5.74, 6) is 0.549. The van der Waals surface area contributed by atoms with Crippen LogP contribution in [0.2, 0.25) is 0 Å². The molecule has 31 heavy (non-hydrogen) atoms. The fourth-order valence-corrected chi connectivity index (χ4v) is 3.34. The fraction of sp³-hybridized carbons (Fsp3) is 0.417. The fourth-order valence-electron chi connectivity index (χ4n) is 3.34. The minimum absolute atomic E-state index is 0.0520. The quantitative estimate of drug-likeness (QED) is 0.599. The molecule has 166 valence electrons. The number of amides is 2. The van der Waals surface area contributed by atoms with Crippen LogP contribution in [0.5, 0.6) is 11.5 Å². The van der Waals surface area contributed by atoms with Crippen molar-refractivity contribution in [3.63, 3.8) is 0 Å². The van der Waals surface area contributed by atoms with Crippen LogP contribution in [0.1, 0.15) is 53.8 Å². The van der Waals surface area contributed by atoms with Gasteiger partial charge >= 0.3 is 0 Å². The van der Waals surface area contributed by atoms with E-state index in [-0.39, 0.29) is 17.9 Å². The van der Waals surface area contributed by atoms with Gasteiger partial charge in [-0.3, -0.25) is 9.59 Å². The number of carbonyl (C=O) groups excluding carboxylic acids is 2. The summed E-state index contributed by atoms with van der Waals surface area (Å²) in [7, 11) is 0. The van der Waals surface area contributed by atoms with E-state index in [4.69, 9.17) is 14.2 Å². The Labute approximate surface area is 183 Å². The number of rotatable bonds is 10. The van der Waals surface area contributed by atoms with Gasteiger partial charge in [0.2, 0.25) is 0 Å². The van der Waals surface area contributed by atoms with Crippen LogP contribution < -0.4 is 20.1 Å². The second-order valence-electron chi connectivity index (χ2n) is 7.29. The molecular formula is C24H30N2O5. The zero-order chi connectivity index (χ0) is 22.1. The van der Waals surface area contributed by atoms with Crippen LogP contribution >= 0.6 is 0 Å². The summed E-state index contributed by atoms with van der Waals surface area (Å²) in [5.41, 5.74) is 1.27. The van der Waals surface area contributed by atoms with Crippen molar-refractivity contribution in [2.24, 2.45) is 0 Å². The molecule has 1 saturated heterocycles. The zero-order valence-electron chi connectivity index (χ0n) is 18.1. The lowest BCUT2D eigenvalue weighted by Gasteiger charge is -2.15. The lowest BCUT2D eigenvalue weighted by atomic mass is 10.1. The third-order valence-electron chi connectivity index (χ3n) is 4.90. The van der Waals surface area contributed by atoms with Gasteiger partial charge < -0.3 is 24.8 Å². The molecule has 0 saturated carbocycles. The van der Waals surface area contributed by atoms with E-state index in [1.165, 1.54) is 0 Å². The van der Waals surface area contributed by atoms with E-state index in [1.54, 1.807) is 42.5 Å². The highest BCUT2D eigenvalue weighted by Gasteiger charge is 2.19. The highest BCUT2D eigenvalue weighted by Crippen LogP contribution is 2.29. The van der Waals surface area contributed by atoms with E-state index < -0.39 is 0 Å². The van der Waals surface area contributed by atoms with E-state index in [1.807, 2.05) is 13.8 Å². The highest BCUT2D eigenvalue weighted by atomic mass is 16.5. The van der Waals surface area contributed by atoms with Crippen molar-refractivity contribution in [1.29, 1.82) is 0 Å². The summed E-state index contributed by atoms with van der Waals surface area (Å²) >= 11 is 0. The zero-order valence-corrected chi connectivity index (χ0v) is 18.1. The molecule has 7 nitrogen and oxygen atoms in total. The number of hydrogen-bond acceptors (Lipinski definition) is 5. The number of benzene rings is 2. The predicted molar refractivity (Wildman–Crippen MR) is 119 cm³/mol. The summed E-state index contributed by atoms with van der Waals surface area (Å²) in [6, 6.07) is 12.0. The molecule has 3 rings (SSSR count). The monoisotopic (exact) mass is 426 g/mol.